The number of hydrogen-bond acceptors (Lipinski definition) is 3. The lowest BCUT2D eigenvalue weighted by atomic mass is 10.0. The highest BCUT2D eigenvalue weighted by atomic mass is 16.5. The van der Waals surface area contributed by atoms with Gasteiger partial charge in [-0.1, -0.05) is 18.2 Å². The molecule has 0 bridgehead atoms. The van der Waals surface area contributed by atoms with Gasteiger partial charge in [0.15, 0.2) is 6.54 Å². The third-order valence-corrected chi connectivity index (χ3v) is 4.80. The molecule has 0 aliphatic carbocycles. The number of para-hydroxylation sites is 1. The molecule has 1 heterocycles. The normalized spacial score (nSPS) is 13.1. The number of aromatic nitrogens is 1. The number of benzene rings is 2. The van der Waals surface area contributed by atoms with Crippen molar-refractivity contribution in [3.8, 4) is 5.75 Å². The number of quaternary nitrogens is 1. The van der Waals surface area contributed by atoms with Crippen LogP contribution in [-0.2, 0) is 4.79 Å². The van der Waals surface area contributed by atoms with E-state index in [9.17, 15) is 9.59 Å². The van der Waals surface area contributed by atoms with E-state index in [1.807, 2.05) is 38.2 Å². The van der Waals surface area contributed by atoms with Crippen molar-refractivity contribution in [2.24, 2.45) is 0 Å². The van der Waals surface area contributed by atoms with Crippen molar-refractivity contribution in [1.29, 1.82) is 0 Å². The van der Waals surface area contributed by atoms with Crippen LogP contribution in [0.25, 0.3) is 10.9 Å². The summed E-state index contributed by atoms with van der Waals surface area (Å²) in [6.45, 7) is 2.04. The lowest BCUT2D eigenvalue weighted by Crippen LogP contribution is -3.14. The molecule has 0 aliphatic rings. The first kappa shape index (κ1) is 18.7. The molecule has 3 N–H and O–H groups in total. The molecule has 6 nitrogen and oxygen atoms in total. The molecular formula is C21H24N3O3+. The Morgan fingerprint density at radius 2 is 1.85 bits per heavy atom. The minimum absolute atomic E-state index is 0.0159. The second kappa shape index (κ2) is 8.05. The van der Waals surface area contributed by atoms with Crippen molar-refractivity contribution < 1.29 is 19.2 Å². The van der Waals surface area contributed by atoms with Gasteiger partial charge in [0.25, 0.3) is 5.91 Å². The lowest BCUT2D eigenvalue weighted by molar-refractivity contribution is -0.885. The first-order chi connectivity index (χ1) is 13.0. The highest BCUT2D eigenvalue weighted by Gasteiger charge is 2.26. The number of Topliss-reactive ketones (excluding diaryl/α,β-unsaturated/α-hetero) is 1. The molecule has 1 aromatic heterocycles. The average Bonchev–Trinajstić information content (AvgIpc) is 3.11. The summed E-state index contributed by atoms with van der Waals surface area (Å²) in [5.41, 5.74) is 2.29. The van der Waals surface area contributed by atoms with E-state index in [-0.39, 0.29) is 24.3 Å². The molecule has 1 amide bonds. The van der Waals surface area contributed by atoms with E-state index < -0.39 is 0 Å². The molecule has 0 fully saturated rings. The van der Waals surface area contributed by atoms with Gasteiger partial charge in [-0.05, 0) is 37.3 Å². The van der Waals surface area contributed by atoms with E-state index in [1.165, 1.54) is 0 Å². The third-order valence-electron chi connectivity index (χ3n) is 4.80. The van der Waals surface area contributed by atoms with E-state index in [2.05, 4.69) is 10.3 Å². The van der Waals surface area contributed by atoms with E-state index >= 15 is 0 Å². The van der Waals surface area contributed by atoms with Gasteiger partial charge < -0.3 is 19.9 Å². The molecule has 140 valence electrons. The summed E-state index contributed by atoms with van der Waals surface area (Å²) in [7, 11) is 3.45. The molecule has 6 heteroatoms. The maximum Gasteiger partial charge on any atom is 0.279 e. The van der Waals surface area contributed by atoms with Crippen molar-refractivity contribution in [3.05, 3.63) is 60.3 Å². The van der Waals surface area contributed by atoms with Crippen LogP contribution in [0.15, 0.2) is 54.7 Å². The Kier molecular flexibility index (Phi) is 5.57. The van der Waals surface area contributed by atoms with Crippen molar-refractivity contribution >= 4 is 28.3 Å². The zero-order valence-corrected chi connectivity index (χ0v) is 15.7. The van der Waals surface area contributed by atoms with Crippen LogP contribution in [0.2, 0.25) is 0 Å². The average molecular weight is 366 g/mol. The second-order valence-electron chi connectivity index (χ2n) is 6.63. The maximum atomic E-state index is 12.9. The number of methoxy groups -OCH3 is 1. The molecular weight excluding hydrogens is 342 g/mol. The van der Waals surface area contributed by atoms with Crippen LogP contribution < -0.4 is 15.0 Å². The Labute approximate surface area is 158 Å². The zero-order valence-electron chi connectivity index (χ0n) is 15.7. The maximum absolute atomic E-state index is 12.9. The van der Waals surface area contributed by atoms with Gasteiger partial charge in [0, 0.05) is 28.4 Å². The molecule has 1 unspecified atom stereocenters. The van der Waals surface area contributed by atoms with Gasteiger partial charge in [0.1, 0.15) is 11.8 Å². The topological polar surface area (TPSA) is 75.6 Å². The van der Waals surface area contributed by atoms with Crippen molar-refractivity contribution in [2.75, 3.05) is 26.0 Å². The smallest absolute Gasteiger partial charge is 0.279 e. The number of rotatable bonds is 7. The Hall–Kier alpha value is -3.12. The Morgan fingerprint density at radius 3 is 2.56 bits per heavy atom. The summed E-state index contributed by atoms with van der Waals surface area (Å²) in [4.78, 5) is 29.2. The monoisotopic (exact) mass is 366 g/mol. The Balaban J connectivity index is 1.63. The SMILES string of the molecule is COc1ccc(NC(=O)C[NH+](C)[C@H](C)C(=O)c2c[nH]c3ccccc23)cc1. The molecule has 0 saturated carbocycles. The fourth-order valence-electron chi connectivity index (χ4n) is 3.02. The largest absolute Gasteiger partial charge is 0.497 e. The molecule has 3 rings (SSSR count). The van der Waals surface area contributed by atoms with Crippen LogP contribution in [-0.4, -0.2) is 43.4 Å². The number of ketones is 1. The van der Waals surface area contributed by atoms with Crippen LogP contribution in [0.1, 0.15) is 17.3 Å². The summed E-state index contributed by atoms with van der Waals surface area (Å²) in [5, 5.41) is 3.76. The minimum atomic E-state index is -0.342. The molecule has 27 heavy (non-hydrogen) atoms. The summed E-state index contributed by atoms with van der Waals surface area (Å²) in [5.74, 6) is 0.604. The molecule has 0 spiro atoms. The number of anilines is 1. The molecule has 3 aromatic rings. The predicted octanol–water partition coefficient (Wildman–Crippen LogP) is 1.90. The number of carbonyl (C=O) groups excluding carboxylic acids is 2. The number of fused-ring (bicyclic) bond motifs is 1. The molecule has 0 saturated heterocycles. The van der Waals surface area contributed by atoms with Gasteiger partial charge in [0.05, 0.1) is 14.2 Å². The fraction of sp³-hybridized carbons (Fsp3) is 0.238. The van der Waals surface area contributed by atoms with Crippen LogP contribution >= 0.6 is 0 Å². The molecule has 2 aromatic carbocycles. The van der Waals surface area contributed by atoms with Gasteiger partial charge >= 0.3 is 0 Å². The van der Waals surface area contributed by atoms with Crippen molar-refractivity contribution in [3.63, 3.8) is 0 Å². The number of aromatic amines is 1. The van der Waals surface area contributed by atoms with Crippen LogP contribution in [0.5, 0.6) is 5.75 Å². The van der Waals surface area contributed by atoms with Crippen LogP contribution in [0.4, 0.5) is 5.69 Å². The van der Waals surface area contributed by atoms with Crippen molar-refractivity contribution in [1.82, 2.24) is 4.98 Å². The Morgan fingerprint density at radius 1 is 1.15 bits per heavy atom. The number of H-pyrrole nitrogens is 1. The van der Waals surface area contributed by atoms with Crippen molar-refractivity contribution in [2.45, 2.75) is 13.0 Å². The van der Waals surface area contributed by atoms with E-state index in [0.29, 0.717) is 11.3 Å². The Bertz CT molecular complexity index is 947. The number of likely N-dealkylation sites (N-methyl/N-ethyl adjacent to an activating group) is 1. The highest BCUT2D eigenvalue weighted by Crippen LogP contribution is 2.18. The zero-order chi connectivity index (χ0) is 19.4. The van der Waals surface area contributed by atoms with Gasteiger partial charge in [-0.3, -0.25) is 9.59 Å². The quantitative estimate of drug-likeness (QED) is 0.559. The number of ether oxygens (including phenoxy) is 1. The van der Waals surface area contributed by atoms with Gasteiger partial charge in [-0.25, -0.2) is 0 Å². The molecule has 2 atom stereocenters. The van der Waals surface area contributed by atoms with E-state index in [1.54, 1.807) is 37.6 Å². The number of nitrogens with one attached hydrogen (secondary N) is 3. The minimum Gasteiger partial charge on any atom is -0.497 e. The summed E-state index contributed by atoms with van der Waals surface area (Å²) < 4.78 is 5.11. The predicted molar refractivity (Wildman–Crippen MR) is 105 cm³/mol. The summed E-state index contributed by atoms with van der Waals surface area (Å²) in [6.07, 6.45) is 1.74. The van der Waals surface area contributed by atoms with E-state index in [0.717, 1.165) is 21.6 Å². The summed E-state index contributed by atoms with van der Waals surface area (Å²) >= 11 is 0. The lowest BCUT2D eigenvalue weighted by Gasteiger charge is -2.20. The van der Waals surface area contributed by atoms with Crippen LogP contribution in [0.3, 0.4) is 0 Å². The number of carbonyl (C=O) groups is 2. The van der Waals surface area contributed by atoms with Gasteiger partial charge in [-0.2, -0.15) is 0 Å². The fourth-order valence-corrected chi connectivity index (χ4v) is 3.02. The number of hydrogen-bond donors (Lipinski definition) is 3. The van der Waals surface area contributed by atoms with E-state index in [4.69, 9.17) is 4.74 Å². The molecule has 0 aliphatic heterocycles. The second-order valence-corrected chi connectivity index (χ2v) is 6.63. The standard InChI is InChI=1S/C21H23N3O3/c1-14(21(26)18-12-22-19-7-5-4-6-17(18)19)24(2)13-20(25)23-15-8-10-16(27-3)11-9-15/h4-12,14,22H,13H2,1-3H3,(H,23,25)/p+1/t14-/m1/s1. The van der Waals surface area contributed by atoms with Gasteiger partial charge in [-0.15, -0.1) is 0 Å². The molecule has 0 radical (unpaired) electrons. The summed E-state index contributed by atoms with van der Waals surface area (Å²) in [6, 6.07) is 14.5. The third kappa shape index (κ3) is 4.17. The highest BCUT2D eigenvalue weighted by molar-refractivity contribution is 6.09. The van der Waals surface area contributed by atoms with Gasteiger partial charge in [0.2, 0.25) is 5.78 Å². The van der Waals surface area contributed by atoms with Crippen LogP contribution in [0, 0.1) is 0 Å². The number of amides is 1. The first-order valence-corrected chi connectivity index (χ1v) is 8.86. The first-order valence-electron chi connectivity index (χ1n) is 8.86.